The van der Waals surface area contributed by atoms with E-state index in [0.717, 1.165) is 119 Å². The first-order valence-corrected chi connectivity index (χ1v) is 25.9. The van der Waals surface area contributed by atoms with Crippen LogP contribution < -0.4 is 45.5 Å². The van der Waals surface area contributed by atoms with Crippen LogP contribution in [0.15, 0.2) is 127 Å². The zero-order valence-electron chi connectivity index (χ0n) is 44.3. The van der Waals surface area contributed by atoms with Crippen molar-refractivity contribution in [3.63, 3.8) is 0 Å². The van der Waals surface area contributed by atoms with E-state index < -0.39 is 5.97 Å². The van der Waals surface area contributed by atoms with E-state index in [-0.39, 0.29) is 70.1 Å². The van der Waals surface area contributed by atoms with E-state index in [9.17, 15) is 28.8 Å². The van der Waals surface area contributed by atoms with Crippen molar-refractivity contribution < 1.29 is 73.6 Å². The number of carboxylic acid groups (broad SMARTS) is 1. The number of Topliss-reactive ketones (excluding diaryl/α,β-unsaturated/α-hetero) is 1. The van der Waals surface area contributed by atoms with E-state index in [1.165, 1.54) is 5.56 Å². The molecule has 398 valence electrons. The monoisotopic (exact) mass is 1070 g/mol. The number of esters is 1. The Hall–Kier alpha value is -8.29. The van der Waals surface area contributed by atoms with Crippen molar-refractivity contribution in [1.29, 1.82) is 0 Å². The molecule has 12 rings (SSSR count). The number of aromatic nitrogens is 6. The number of para-hydroxylation sites is 3. The van der Waals surface area contributed by atoms with Gasteiger partial charge in [0.15, 0.2) is 5.78 Å². The summed E-state index contributed by atoms with van der Waals surface area (Å²) in [5.74, 6) is 1.65. The maximum atomic E-state index is 12.2. The number of rotatable bonds is 13. The molecule has 3 aliphatic rings. The normalized spacial score (nSPS) is 13.1. The van der Waals surface area contributed by atoms with Crippen molar-refractivity contribution in [1.82, 2.24) is 44.6 Å². The number of ketones is 1. The average molecular weight is 1070 g/mol. The first-order valence-electron chi connectivity index (χ1n) is 25.9. The SMILES string of the molecule is CC(=O)c1ccc(CCc2nc3cccc4c3n2CCNC4=O)cc1.CCOC(=O)c1ccc(CCc2nc3cccc4c3n2CCNC4=O)cc1.O=C(O)c1ccc(CCc2nc3cccc4c3n2CCNC4=O)cc1.[Na+].[OH-]. The summed E-state index contributed by atoms with van der Waals surface area (Å²) in [5, 5.41) is 17.7. The molecule has 6 heterocycles. The summed E-state index contributed by atoms with van der Waals surface area (Å²) in [7, 11) is 0. The average Bonchev–Trinajstić information content (AvgIpc) is 4.19. The molecule has 0 atom stereocenters. The van der Waals surface area contributed by atoms with Crippen molar-refractivity contribution in [3.8, 4) is 0 Å². The molecule has 79 heavy (non-hydrogen) atoms. The van der Waals surface area contributed by atoms with Gasteiger partial charge < -0.3 is 45.0 Å². The van der Waals surface area contributed by atoms with Crippen LogP contribution in [0.5, 0.6) is 0 Å². The van der Waals surface area contributed by atoms with E-state index in [1.807, 2.05) is 103 Å². The van der Waals surface area contributed by atoms with Gasteiger partial charge in [-0.2, -0.15) is 0 Å². The van der Waals surface area contributed by atoms with Gasteiger partial charge in [-0.05, 0) is 110 Å². The van der Waals surface area contributed by atoms with Gasteiger partial charge in [-0.1, -0.05) is 66.7 Å². The van der Waals surface area contributed by atoms with E-state index in [2.05, 4.69) is 29.7 Å². The topological polar surface area (TPSA) is 251 Å². The molecule has 9 aromatic rings. The summed E-state index contributed by atoms with van der Waals surface area (Å²) in [6.07, 6.45) is 4.71. The van der Waals surface area contributed by atoms with E-state index >= 15 is 0 Å². The maximum absolute atomic E-state index is 12.2. The third kappa shape index (κ3) is 12.5. The molecule has 18 nitrogen and oxygen atoms in total. The minimum Gasteiger partial charge on any atom is -0.870 e. The van der Waals surface area contributed by atoms with Crippen molar-refractivity contribution in [3.05, 3.63) is 195 Å². The number of ether oxygens (including phenoxy) is 1. The number of nitrogens with one attached hydrogen (secondary N) is 3. The third-order valence-corrected chi connectivity index (χ3v) is 14.1. The van der Waals surface area contributed by atoms with Gasteiger partial charge in [0.05, 0.1) is 67.5 Å². The van der Waals surface area contributed by atoms with Gasteiger partial charge in [0.1, 0.15) is 17.5 Å². The van der Waals surface area contributed by atoms with Crippen molar-refractivity contribution in [2.75, 3.05) is 26.2 Å². The minimum atomic E-state index is -0.920. The number of aryl methyl sites for hydroxylation is 6. The van der Waals surface area contributed by atoms with Crippen LogP contribution >= 0.6 is 0 Å². The first kappa shape index (κ1) is 56.9. The second-order valence-electron chi connectivity index (χ2n) is 19.0. The number of hydrogen-bond acceptors (Lipinski definition) is 11. The zero-order chi connectivity index (χ0) is 53.6. The minimum absolute atomic E-state index is 0. The number of amides is 3. The summed E-state index contributed by atoms with van der Waals surface area (Å²) in [6, 6.07) is 39.1. The Balaban J connectivity index is 0.000000154. The van der Waals surface area contributed by atoms with Crippen LogP contribution in [-0.2, 0) is 62.9 Å². The Morgan fingerprint density at radius 2 is 0.823 bits per heavy atom. The zero-order valence-corrected chi connectivity index (χ0v) is 46.3. The van der Waals surface area contributed by atoms with Crippen LogP contribution in [0.3, 0.4) is 0 Å². The fraction of sp³-hybridized carbons (Fsp3) is 0.250. The third-order valence-electron chi connectivity index (χ3n) is 14.1. The number of imidazole rings is 3. The Morgan fingerprint density at radius 3 is 1.14 bits per heavy atom. The maximum Gasteiger partial charge on any atom is 1.00 e. The summed E-state index contributed by atoms with van der Waals surface area (Å²) < 4.78 is 11.4. The Morgan fingerprint density at radius 1 is 0.494 bits per heavy atom. The van der Waals surface area contributed by atoms with Gasteiger partial charge in [-0.3, -0.25) is 19.2 Å². The molecule has 3 amide bonds. The van der Waals surface area contributed by atoms with Crippen molar-refractivity contribution >= 4 is 68.5 Å². The number of aromatic carboxylic acids is 1. The number of carbonyl (C=O) groups excluding carboxylic acids is 5. The number of hydrogen-bond donors (Lipinski definition) is 4. The molecule has 3 aliphatic heterocycles. The van der Waals surface area contributed by atoms with Gasteiger partial charge in [-0.15, -0.1) is 0 Å². The first-order chi connectivity index (χ1) is 37.4. The van der Waals surface area contributed by atoms with Crippen LogP contribution in [0.1, 0.15) is 110 Å². The molecular formula is C60H58N9NaO9. The van der Waals surface area contributed by atoms with Gasteiger partial charge >= 0.3 is 41.5 Å². The smallest absolute Gasteiger partial charge is 0.870 e. The van der Waals surface area contributed by atoms with Crippen LogP contribution in [-0.4, -0.2) is 101 Å². The van der Waals surface area contributed by atoms with Crippen molar-refractivity contribution in [2.24, 2.45) is 0 Å². The second-order valence-corrected chi connectivity index (χ2v) is 19.0. The summed E-state index contributed by atoms with van der Waals surface area (Å²) in [4.78, 5) is 84.8. The second kappa shape index (κ2) is 25.5. The van der Waals surface area contributed by atoms with Gasteiger partial charge in [0, 0.05) is 64.1 Å². The molecule has 0 saturated carbocycles. The van der Waals surface area contributed by atoms with Crippen LogP contribution in [0.2, 0.25) is 0 Å². The summed E-state index contributed by atoms with van der Waals surface area (Å²) >= 11 is 0. The molecule has 0 unspecified atom stereocenters. The molecule has 5 N–H and O–H groups in total. The number of carbonyl (C=O) groups is 6. The predicted molar refractivity (Wildman–Crippen MR) is 293 cm³/mol. The van der Waals surface area contributed by atoms with Crippen molar-refractivity contribution in [2.45, 2.75) is 72.0 Å². The molecule has 0 saturated heterocycles. The van der Waals surface area contributed by atoms with Crippen LogP contribution in [0.4, 0.5) is 0 Å². The van der Waals surface area contributed by atoms with Crippen LogP contribution in [0.25, 0.3) is 33.1 Å². The molecule has 19 heteroatoms. The Kier molecular flexibility index (Phi) is 18.3. The molecular weight excluding hydrogens is 1010 g/mol. The quantitative estimate of drug-likeness (QED) is 0.0703. The van der Waals surface area contributed by atoms with Crippen LogP contribution in [0, 0.1) is 0 Å². The molecule has 3 aromatic heterocycles. The predicted octanol–water partition coefficient (Wildman–Crippen LogP) is 4.60. The summed E-state index contributed by atoms with van der Waals surface area (Å²) in [6.45, 7) is 7.69. The fourth-order valence-corrected chi connectivity index (χ4v) is 10.2. The van der Waals surface area contributed by atoms with E-state index in [4.69, 9.17) is 24.8 Å². The molecule has 0 bridgehead atoms. The molecule has 0 fully saturated rings. The van der Waals surface area contributed by atoms with Gasteiger partial charge in [-0.25, -0.2) is 24.5 Å². The number of carboxylic acids is 1. The molecule has 6 aromatic carbocycles. The Bertz CT molecular complexity index is 3570. The van der Waals surface area contributed by atoms with Gasteiger partial charge in [0.2, 0.25) is 0 Å². The molecule has 0 radical (unpaired) electrons. The molecule has 0 spiro atoms. The standard InChI is InChI=1S/C21H21N3O3.C20H19N3O2.C19H17N3O3.Na.H2O/c1-2-27-21(26)15-9-6-14(7-10-15)8-11-18-23-17-5-3-4-16-19(17)24(18)13-12-22-20(16)25;1-13(24)15-8-5-14(6-9-15)7-10-18-22-17-4-2-3-16-19(17)23(18)12-11-21-20(16)25;23-18-14-2-1-3-15-17(14)22(11-10-20-18)16(21-15)9-6-12-4-7-13(8-5-12)19(24)25;;/h3-7,9-10H,2,8,11-13H2,1H3,(H,22,25);2-6,8-9H,7,10-12H2,1H3,(H,21,25);1-5,7-8H,6,9-11H2,(H,20,23)(H,24,25);;1H2/q;;;+1;/p-1. The fourth-order valence-electron chi connectivity index (χ4n) is 10.2. The van der Waals surface area contributed by atoms with Gasteiger partial charge in [0.25, 0.3) is 17.7 Å². The number of nitrogens with zero attached hydrogens (tertiary/aromatic N) is 6. The van der Waals surface area contributed by atoms with E-state index in [1.54, 1.807) is 38.1 Å². The largest absolute Gasteiger partial charge is 1.00 e. The van der Waals surface area contributed by atoms with E-state index in [0.29, 0.717) is 55.0 Å². The number of benzene rings is 6. The molecule has 0 aliphatic carbocycles. The Labute approximate surface area is 477 Å². The summed E-state index contributed by atoms with van der Waals surface area (Å²) in [5.41, 5.74) is 12.3.